The molecule has 0 bridgehead atoms. The molecule has 1 aliphatic heterocycles. The van der Waals surface area contributed by atoms with Crippen molar-refractivity contribution in [1.82, 2.24) is 9.88 Å². The number of aryl methyl sites for hydroxylation is 1. The molecule has 1 aromatic heterocycles. The highest BCUT2D eigenvalue weighted by atomic mass is 16.2. The van der Waals surface area contributed by atoms with E-state index in [1.807, 2.05) is 0 Å². The van der Waals surface area contributed by atoms with Gasteiger partial charge in [-0.1, -0.05) is 0 Å². The first kappa shape index (κ1) is 11.9. The van der Waals surface area contributed by atoms with Gasteiger partial charge in [-0.2, -0.15) is 0 Å². The summed E-state index contributed by atoms with van der Waals surface area (Å²) in [5.41, 5.74) is 6.33. The smallest absolute Gasteiger partial charge is 0.259 e. The highest BCUT2D eigenvalue weighted by Crippen LogP contribution is 2.16. The number of carbonyl (C=O) groups excluding carboxylic acids is 1. The van der Waals surface area contributed by atoms with E-state index in [-0.39, 0.29) is 16.9 Å². The van der Waals surface area contributed by atoms with Crippen molar-refractivity contribution in [3.63, 3.8) is 0 Å². The topological polar surface area (TPSA) is 79.2 Å². The van der Waals surface area contributed by atoms with Crippen molar-refractivity contribution >= 4 is 5.91 Å². The van der Waals surface area contributed by atoms with Gasteiger partial charge in [0.1, 0.15) is 5.56 Å². The van der Waals surface area contributed by atoms with Crippen LogP contribution in [-0.4, -0.2) is 35.4 Å². The molecule has 92 valence electrons. The van der Waals surface area contributed by atoms with Crippen molar-refractivity contribution in [2.75, 3.05) is 19.6 Å². The van der Waals surface area contributed by atoms with Crippen molar-refractivity contribution in [2.24, 2.45) is 11.7 Å². The van der Waals surface area contributed by atoms with Crippen molar-refractivity contribution in [2.45, 2.75) is 13.3 Å². The Balaban J connectivity index is 2.18. The average molecular weight is 235 g/mol. The largest absolute Gasteiger partial charge is 0.364 e. The quantitative estimate of drug-likeness (QED) is 0.763. The summed E-state index contributed by atoms with van der Waals surface area (Å²) < 4.78 is 0. The molecule has 0 radical (unpaired) electrons. The van der Waals surface area contributed by atoms with Gasteiger partial charge in [0.25, 0.3) is 5.91 Å². The van der Waals surface area contributed by atoms with Gasteiger partial charge < -0.3 is 15.6 Å². The molecule has 2 heterocycles. The fourth-order valence-corrected chi connectivity index (χ4v) is 2.12. The summed E-state index contributed by atoms with van der Waals surface area (Å²) in [7, 11) is 0. The first-order valence-corrected chi connectivity index (χ1v) is 5.80. The molecule has 0 spiro atoms. The molecule has 1 saturated heterocycles. The minimum absolute atomic E-state index is 0.192. The number of likely N-dealkylation sites (tertiary alicyclic amines) is 1. The molecule has 1 amide bonds. The van der Waals surface area contributed by atoms with Gasteiger partial charge in [0.2, 0.25) is 0 Å². The molecule has 1 aromatic rings. The fourth-order valence-electron chi connectivity index (χ4n) is 2.12. The second kappa shape index (κ2) is 4.71. The fraction of sp³-hybridized carbons (Fsp3) is 0.500. The summed E-state index contributed by atoms with van der Waals surface area (Å²) in [5.74, 6) is 0.172. The minimum Gasteiger partial charge on any atom is -0.364 e. The number of nitrogens with zero attached hydrogens (tertiary/aromatic N) is 1. The number of hydrogen-bond donors (Lipinski definition) is 2. The number of rotatable bonds is 2. The number of nitrogens with two attached hydrogens (primary N) is 1. The lowest BCUT2D eigenvalue weighted by atomic mass is 10.1. The molecule has 1 fully saturated rings. The van der Waals surface area contributed by atoms with Crippen LogP contribution in [0.2, 0.25) is 0 Å². The zero-order valence-electron chi connectivity index (χ0n) is 9.90. The lowest BCUT2D eigenvalue weighted by Gasteiger charge is -2.15. The Bertz CT molecular complexity index is 481. The van der Waals surface area contributed by atoms with E-state index in [0.717, 1.165) is 12.1 Å². The predicted molar refractivity (Wildman–Crippen MR) is 64.9 cm³/mol. The molecule has 0 saturated carbocycles. The van der Waals surface area contributed by atoms with E-state index in [9.17, 15) is 9.59 Å². The van der Waals surface area contributed by atoms with E-state index in [1.54, 1.807) is 11.8 Å². The van der Waals surface area contributed by atoms with Gasteiger partial charge in [-0.25, -0.2) is 0 Å². The van der Waals surface area contributed by atoms with Crippen molar-refractivity contribution < 1.29 is 4.79 Å². The maximum Gasteiger partial charge on any atom is 0.259 e. The van der Waals surface area contributed by atoms with E-state index >= 15 is 0 Å². The van der Waals surface area contributed by atoms with Crippen LogP contribution in [0.15, 0.2) is 17.1 Å². The summed E-state index contributed by atoms with van der Waals surface area (Å²) in [6, 6.07) is 1.45. The van der Waals surface area contributed by atoms with E-state index in [0.29, 0.717) is 25.6 Å². The normalized spacial score (nSPS) is 19.6. The lowest BCUT2D eigenvalue weighted by molar-refractivity contribution is 0.0786. The molecule has 1 atom stereocenters. The highest BCUT2D eigenvalue weighted by Gasteiger charge is 2.27. The summed E-state index contributed by atoms with van der Waals surface area (Å²) in [5, 5.41) is 0. The minimum atomic E-state index is -0.220. The zero-order chi connectivity index (χ0) is 12.4. The van der Waals surface area contributed by atoms with Gasteiger partial charge in [0.05, 0.1) is 0 Å². The van der Waals surface area contributed by atoms with Crippen LogP contribution in [0.4, 0.5) is 0 Å². The third-order valence-corrected chi connectivity index (χ3v) is 3.19. The molecule has 1 aliphatic rings. The van der Waals surface area contributed by atoms with Crippen molar-refractivity contribution in [1.29, 1.82) is 0 Å². The summed E-state index contributed by atoms with van der Waals surface area (Å²) in [6.45, 7) is 3.72. The van der Waals surface area contributed by atoms with Gasteiger partial charge in [-0.15, -0.1) is 0 Å². The number of nitrogens with one attached hydrogen (secondary N) is 1. The molecule has 0 aromatic carbocycles. The Hall–Kier alpha value is -1.62. The molecule has 3 N–H and O–H groups in total. The number of aromatic nitrogens is 1. The molecule has 17 heavy (non-hydrogen) atoms. The second-order valence-electron chi connectivity index (χ2n) is 4.54. The van der Waals surface area contributed by atoms with Gasteiger partial charge in [0.15, 0.2) is 5.43 Å². The van der Waals surface area contributed by atoms with E-state index in [4.69, 9.17) is 5.73 Å². The molecule has 2 rings (SSSR count). The number of pyridine rings is 1. The molecule has 5 heteroatoms. The highest BCUT2D eigenvalue weighted by molar-refractivity contribution is 5.94. The molecule has 0 aliphatic carbocycles. The second-order valence-corrected chi connectivity index (χ2v) is 4.54. The zero-order valence-corrected chi connectivity index (χ0v) is 9.90. The number of aromatic amines is 1. The summed E-state index contributed by atoms with van der Waals surface area (Å²) >= 11 is 0. The van der Waals surface area contributed by atoms with Crippen LogP contribution in [0.1, 0.15) is 22.5 Å². The Labute approximate surface area is 99.6 Å². The molecular formula is C12H17N3O2. The van der Waals surface area contributed by atoms with Gasteiger partial charge >= 0.3 is 0 Å². The number of H-pyrrole nitrogens is 1. The average Bonchev–Trinajstić information content (AvgIpc) is 2.76. The number of carbonyl (C=O) groups is 1. The van der Waals surface area contributed by atoms with Crippen molar-refractivity contribution in [3.05, 3.63) is 33.7 Å². The Kier molecular flexibility index (Phi) is 3.28. The SMILES string of the molecule is Cc1cc(=O)c(C(=O)N2CCC(CN)C2)c[nH]1. The first-order chi connectivity index (χ1) is 8.11. The molecule has 5 nitrogen and oxygen atoms in total. The van der Waals surface area contributed by atoms with Crippen LogP contribution in [0.25, 0.3) is 0 Å². The first-order valence-electron chi connectivity index (χ1n) is 5.80. The van der Waals surface area contributed by atoms with Crippen LogP contribution < -0.4 is 11.2 Å². The van der Waals surface area contributed by atoms with Crippen molar-refractivity contribution in [3.8, 4) is 0 Å². The third kappa shape index (κ3) is 2.39. The van der Waals surface area contributed by atoms with Crippen LogP contribution in [0, 0.1) is 12.8 Å². The standard InChI is InChI=1S/C12H17N3O2/c1-8-4-11(16)10(6-14-8)12(17)15-3-2-9(5-13)7-15/h4,6,9H,2-3,5,7,13H2,1H3,(H,14,16). The van der Waals surface area contributed by atoms with Crippen LogP contribution in [0.5, 0.6) is 0 Å². The summed E-state index contributed by atoms with van der Waals surface area (Å²) in [6.07, 6.45) is 2.42. The Morgan fingerprint density at radius 3 is 3.00 bits per heavy atom. The monoisotopic (exact) mass is 235 g/mol. The van der Waals surface area contributed by atoms with E-state index < -0.39 is 0 Å². The predicted octanol–water partition coefficient (Wildman–Crippen LogP) is 0.104. The number of hydrogen-bond acceptors (Lipinski definition) is 3. The van der Waals surface area contributed by atoms with Crippen LogP contribution in [-0.2, 0) is 0 Å². The Morgan fingerprint density at radius 2 is 2.41 bits per heavy atom. The Morgan fingerprint density at radius 1 is 1.65 bits per heavy atom. The molecule has 1 unspecified atom stereocenters. The lowest BCUT2D eigenvalue weighted by Crippen LogP contribution is -2.33. The van der Waals surface area contributed by atoms with E-state index in [1.165, 1.54) is 12.3 Å². The van der Waals surface area contributed by atoms with Gasteiger partial charge in [-0.05, 0) is 25.8 Å². The van der Waals surface area contributed by atoms with Gasteiger partial charge in [0, 0.05) is 31.0 Å². The third-order valence-electron chi connectivity index (χ3n) is 3.19. The maximum absolute atomic E-state index is 12.1. The number of amides is 1. The maximum atomic E-state index is 12.1. The van der Waals surface area contributed by atoms with E-state index in [2.05, 4.69) is 4.98 Å². The van der Waals surface area contributed by atoms with Crippen LogP contribution in [0.3, 0.4) is 0 Å². The summed E-state index contributed by atoms with van der Waals surface area (Å²) in [4.78, 5) is 28.4. The van der Waals surface area contributed by atoms with Crippen LogP contribution >= 0.6 is 0 Å². The van der Waals surface area contributed by atoms with Gasteiger partial charge in [-0.3, -0.25) is 9.59 Å². The molecular weight excluding hydrogens is 218 g/mol.